The van der Waals surface area contributed by atoms with E-state index in [1.165, 1.54) is 0 Å². The van der Waals surface area contributed by atoms with Crippen molar-refractivity contribution in [2.45, 2.75) is 6.92 Å². The van der Waals surface area contributed by atoms with E-state index in [0.717, 1.165) is 22.3 Å². The number of para-hydroxylation sites is 1. The summed E-state index contributed by atoms with van der Waals surface area (Å²) in [7, 11) is 1.88. The lowest BCUT2D eigenvalue weighted by Gasteiger charge is -2.09. The number of nitrogen functional groups attached to an aromatic ring is 1. The van der Waals surface area contributed by atoms with Crippen LogP contribution in [0.25, 0.3) is 10.9 Å². The zero-order chi connectivity index (χ0) is 14.1. The van der Waals surface area contributed by atoms with E-state index in [4.69, 9.17) is 5.84 Å². The number of aryl methyl sites for hydroxylation is 2. The molecular weight excluding hydrogens is 254 g/mol. The van der Waals surface area contributed by atoms with Crippen LogP contribution in [0.1, 0.15) is 5.69 Å². The van der Waals surface area contributed by atoms with Crippen molar-refractivity contribution >= 4 is 28.4 Å². The molecule has 0 spiro atoms. The molecule has 0 unspecified atom stereocenters. The summed E-state index contributed by atoms with van der Waals surface area (Å²) < 4.78 is 1.75. The molecule has 20 heavy (non-hydrogen) atoms. The maximum absolute atomic E-state index is 5.42. The van der Waals surface area contributed by atoms with Crippen molar-refractivity contribution in [1.82, 2.24) is 19.7 Å². The summed E-state index contributed by atoms with van der Waals surface area (Å²) in [4.78, 5) is 8.69. The zero-order valence-electron chi connectivity index (χ0n) is 11.3. The van der Waals surface area contributed by atoms with E-state index in [0.29, 0.717) is 11.8 Å². The van der Waals surface area contributed by atoms with Crippen molar-refractivity contribution in [2.24, 2.45) is 12.9 Å². The highest BCUT2D eigenvalue weighted by molar-refractivity contribution is 5.91. The van der Waals surface area contributed by atoms with Gasteiger partial charge >= 0.3 is 0 Å². The molecule has 102 valence electrons. The molecule has 2 heterocycles. The maximum Gasteiger partial charge on any atom is 0.239 e. The number of rotatable bonds is 3. The number of hydrogen-bond acceptors (Lipinski definition) is 6. The van der Waals surface area contributed by atoms with E-state index in [-0.39, 0.29) is 0 Å². The number of nitrogens with two attached hydrogens (primary N) is 1. The Balaban J connectivity index is 2.12. The molecule has 0 aliphatic rings. The number of fused-ring (bicyclic) bond motifs is 1. The van der Waals surface area contributed by atoms with Gasteiger partial charge in [0.25, 0.3) is 0 Å². The molecule has 0 bridgehead atoms. The van der Waals surface area contributed by atoms with Gasteiger partial charge in [-0.05, 0) is 19.1 Å². The zero-order valence-corrected chi connectivity index (χ0v) is 11.3. The van der Waals surface area contributed by atoms with E-state index in [1.54, 1.807) is 4.68 Å². The second-order valence-electron chi connectivity index (χ2n) is 4.48. The average molecular weight is 269 g/mol. The molecule has 0 aliphatic heterocycles. The SMILES string of the molecule is Cc1nn(C)cc1Nc1nc(NN)nc2ccccc12. The first-order valence-corrected chi connectivity index (χ1v) is 6.18. The van der Waals surface area contributed by atoms with E-state index in [1.807, 2.05) is 44.4 Å². The van der Waals surface area contributed by atoms with Crippen LogP contribution in [0, 0.1) is 6.92 Å². The van der Waals surface area contributed by atoms with Crippen LogP contribution in [0.3, 0.4) is 0 Å². The van der Waals surface area contributed by atoms with Gasteiger partial charge in [0.2, 0.25) is 5.95 Å². The van der Waals surface area contributed by atoms with E-state index in [9.17, 15) is 0 Å². The molecule has 0 radical (unpaired) electrons. The number of hydrogen-bond donors (Lipinski definition) is 3. The summed E-state index contributed by atoms with van der Waals surface area (Å²) in [5.74, 6) is 6.48. The van der Waals surface area contributed by atoms with Crippen molar-refractivity contribution in [3.05, 3.63) is 36.2 Å². The van der Waals surface area contributed by atoms with Gasteiger partial charge in [-0.3, -0.25) is 10.1 Å². The standard InChI is InChI=1S/C13H15N7/c1-8-11(7-20(2)19-8)15-12-9-5-3-4-6-10(9)16-13(17-12)18-14/h3-7H,14H2,1-2H3,(H2,15,16,17,18). The highest BCUT2D eigenvalue weighted by Crippen LogP contribution is 2.25. The number of aromatic nitrogens is 4. The highest BCUT2D eigenvalue weighted by atomic mass is 15.3. The van der Waals surface area contributed by atoms with Gasteiger partial charge in [-0.25, -0.2) is 10.8 Å². The first kappa shape index (κ1) is 12.4. The predicted octanol–water partition coefficient (Wildman–Crippen LogP) is 1.70. The fraction of sp³-hybridized carbons (Fsp3) is 0.154. The molecule has 0 saturated carbocycles. The fourth-order valence-electron chi connectivity index (χ4n) is 2.09. The summed E-state index contributed by atoms with van der Waals surface area (Å²) in [6, 6.07) is 7.75. The normalized spacial score (nSPS) is 10.8. The summed E-state index contributed by atoms with van der Waals surface area (Å²) in [6.45, 7) is 1.94. The second-order valence-corrected chi connectivity index (χ2v) is 4.48. The molecule has 3 aromatic rings. The van der Waals surface area contributed by atoms with Crippen LogP contribution in [-0.2, 0) is 7.05 Å². The first-order chi connectivity index (χ1) is 9.67. The number of benzene rings is 1. The Morgan fingerprint density at radius 2 is 2.00 bits per heavy atom. The molecule has 0 amide bonds. The molecule has 3 rings (SSSR count). The fourth-order valence-corrected chi connectivity index (χ4v) is 2.09. The van der Waals surface area contributed by atoms with Gasteiger partial charge in [0.15, 0.2) is 0 Å². The molecule has 0 saturated heterocycles. The van der Waals surface area contributed by atoms with Crippen molar-refractivity contribution in [1.29, 1.82) is 0 Å². The Labute approximate surface area is 115 Å². The minimum absolute atomic E-state index is 0.368. The monoisotopic (exact) mass is 269 g/mol. The second kappa shape index (κ2) is 4.78. The summed E-state index contributed by atoms with van der Waals surface area (Å²) >= 11 is 0. The van der Waals surface area contributed by atoms with Crippen LogP contribution in [0.4, 0.5) is 17.5 Å². The quantitative estimate of drug-likeness (QED) is 0.495. The molecule has 7 heteroatoms. The van der Waals surface area contributed by atoms with Crippen LogP contribution in [0.5, 0.6) is 0 Å². The first-order valence-electron chi connectivity index (χ1n) is 6.18. The third kappa shape index (κ3) is 2.14. The molecule has 2 aromatic heterocycles. The molecule has 0 atom stereocenters. The molecule has 7 nitrogen and oxygen atoms in total. The van der Waals surface area contributed by atoms with Crippen molar-refractivity contribution in [3.63, 3.8) is 0 Å². The van der Waals surface area contributed by atoms with Gasteiger partial charge in [0.1, 0.15) is 5.82 Å². The lowest BCUT2D eigenvalue weighted by molar-refractivity contribution is 0.756. The van der Waals surface area contributed by atoms with Crippen molar-refractivity contribution < 1.29 is 0 Å². The van der Waals surface area contributed by atoms with E-state index < -0.39 is 0 Å². The predicted molar refractivity (Wildman–Crippen MR) is 78.6 cm³/mol. The van der Waals surface area contributed by atoms with Gasteiger partial charge in [-0.2, -0.15) is 10.1 Å². The van der Waals surface area contributed by atoms with Crippen molar-refractivity contribution in [2.75, 3.05) is 10.7 Å². The molecule has 0 fully saturated rings. The Bertz CT molecular complexity index is 763. The Morgan fingerprint density at radius 1 is 1.20 bits per heavy atom. The van der Waals surface area contributed by atoms with Crippen molar-refractivity contribution in [3.8, 4) is 0 Å². The van der Waals surface area contributed by atoms with Gasteiger partial charge in [-0.1, -0.05) is 12.1 Å². The van der Waals surface area contributed by atoms with Gasteiger partial charge < -0.3 is 5.32 Å². The highest BCUT2D eigenvalue weighted by Gasteiger charge is 2.09. The molecule has 4 N–H and O–H groups in total. The van der Waals surface area contributed by atoms with E-state index in [2.05, 4.69) is 25.8 Å². The van der Waals surface area contributed by atoms with Crippen LogP contribution in [-0.4, -0.2) is 19.7 Å². The number of hydrazine groups is 1. The maximum atomic E-state index is 5.42. The van der Waals surface area contributed by atoms with Crippen LogP contribution in [0.2, 0.25) is 0 Å². The summed E-state index contributed by atoms with van der Waals surface area (Å²) in [6.07, 6.45) is 1.90. The Hall–Kier alpha value is -2.67. The van der Waals surface area contributed by atoms with Crippen LogP contribution < -0.4 is 16.6 Å². The van der Waals surface area contributed by atoms with Gasteiger partial charge in [-0.15, -0.1) is 0 Å². The minimum Gasteiger partial charge on any atom is -0.337 e. The average Bonchev–Trinajstić information content (AvgIpc) is 2.76. The largest absolute Gasteiger partial charge is 0.337 e. The Morgan fingerprint density at radius 3 is 2.70 bits per heavy atom. The molecular formula is C13H15N7. The smallest absolute Gasteiger partial charge is 0.239 e. The third-order valence-corrected chi connectivity index (χ3v) is 3.00. The number of anilines is 3. The number of nitrogens with zero attached hydrogens (tertiary/aromatic N) is 4. The van der Waals surface area contributed by atoms with Crippen LogP contribution in [0.15, 0.2) is 30.5 Å². The summed E-state index contributed by atoms with van der Waals surface area (Å²) in [5, 5.41) is 8.51. The van der Waals surface area contributed by atoms with Gasteiger partial charge in [0.05, 0.1) is 16.9 Å². The minimum atomic E-state index is 0.368. The van der Waals surface area contributed by atoms with E-state index >= 15 is 0 Å². The number of nitrogens with one attached hydrogen (secondary N) is 2. The molecule has 1 aromatic carbocycles. The Kier molecular flexibility index (Phi) is 2.96. The van der Waals surface area contributed by atoms with Gasteiger partial charge in [0, 0.05) is 18.6 Å². The third-order valence-electron chi connectivity index (χ3n) is 3.00. The summed E-state index contributed by atoms with van der Waals surface area (Å²) in [5.41, 5.74) is 5.10. The molecule has 0 aliphatic carbocycles. The topological polar surface area (TPSA) is 93.7 Å². The van der Waals surface area contributed by atoms with Crippen LogP contribution >= 0.6 is 0 Å². The lowest BCUT2D eigenvalue weighted by Crippen LogP contribution is -2.11. The lowest BCUT2D eigenvalue weighted by atomic mass is 10.2.